The van der Waals surface area contributed by atoms with Gasteiger partial charge in [0, 0.05) is 0 Å². The van der Waals surface area contributed by atoms with Crippen molar-refractivity contribution in [2.75, 3.05) is 6.61 Å². The predicted octanol–water partition coefficient (Wildman–Crippen LogP) is 0.929. The molecule has 20 heavy (non-hydrogen) atoms. The number of hydrogen-bond acceptors (Lipinski definition) is 5. The first-order valence-corrected chi connectivity index (χ1v) is 7.69. The van der Waals surface area contributed by atoms with E-state index in [1.54, 1.807) is 31.2 Å². The van der Waals surface area contributed by atoms with E-state index >= 15 is 0 Å². The maximum absolute atomic E-state index is 11.9. The highest BCUT2D eigenvalue weighted by molar-refractivity contribution is 7.88. The number of nitrogens with one attached hydrogen (secondary N) is 1. The molecule has 0 saturated heterocycles. The van der Waals surface area contributed by atoms with E-state index in [1.807, 2.05) is 6.07 Å². The molecule has 1 unspecified atom stereocenters. The molecule has 1 rings (SSSR count). The number of esters is 1. The number of nitriles is 1. The lowest BCUT2D eigenvalue weighted by Crippen LogP contribution is -2.40. The minimum atomic E-state index is -3.65. The standard InChI is InChI=1S/C13H16N2O4S/c1-3-19-13(16)10(2)15-20(17,18)9-12-6-4-11(8-14)5-7-12/h4-7,10,15H,3,9H2,1-2H3. The number of sulfonamides is 1. The van der Waals surface area contributed by atoms with Crippen LogP contribution in [0.15, 0.2) is 24.3 Å². The van der Waals surface area contributed by atoms with Crippen molar-refractivity contribution in [3.05, 3.63) is 35.4 Å². The van der Waals surface area contributed by atoms with Crippen LogP contribution in [0, 0.1) is 11.3 Å². The van der Waals surface area contributed by atoms with Crippen LogP contribution in [-0.4, -0.2) is 27.0 Å². The van der Waals surface area contributed by atoms with Gasteiger partial charge in [0.05, 0.1) is 24.0 Å². The molecule has 0 aliphatic carbocycles. The second-order valence-corrected chi connectivity index (χ2v) is 5.91. The molecule has 1 aromatic rings. The Morgan fingerprint density at radius 3 is 2.50 bits per heavy atom. The van der Waals surface area contributed by atoms with Crippen LogP contribution in [0.3, 0.4) is 0 Å². The van der Waals surface area contributed by atoms with Crippen molar-refractivity contribution in [3.63, 3.8) is 0 Å². The molecule has 0 heterocycles. The summed E-state index contributed by atoms with van der Waals surface area (Å²) in [6, 6.07) is 7.23. The van der Waals surface area contributed by atoms with E-state index in [0.717, 1.165) is 0 Å². The zero-order valence-corrected chi connectivity index (χ0v) is 12.1. The zero-order chi connectivity index (χ0) is 15.2. The number of carbonyl (C=O) groups is 1. The smallest absolute Gasteiger partial charge is 0.323 e. The molecule has 0 aromatic heterocycles. The van der Waals surface area contributed by atoms with Gasteiger partial charge in [-0.2, -0.15) is 5.26 Å². The van der Waals surface area contributed by atoms with E-state index < -0.39 is 22.0 Å². The van der Waals surface area contributed by atoms with Crippen LogP contribution < -0.4 is 4.72 Å². The molecular formula is C13H16N2O4S. The fourth-order valence-corrected chi connectivity index (χ4v) is 2.87. The van der Waals surface area contributed by atoms with Gasteiger partial charge < -0.3 is 4.74 Å². The molecular weight excluding hydrogens is 280 g/mol. The third kappa shape index (κ3) is 4.99. The lowest BCUT2D eigenvalue weighted by atomic mass is 10.2. The number of nitrogens with zero attached hydrogens (tertiary/aromatic N) is 1. The van der Waals surface area contributed by atoms with Crippen LogP contribution in [0.5, 0.6) is 0 Å². The molecule has 1 aromatic carbocycles. The largest absolute Gasteiger partial charge is 0.465 e. The van der Waals surface area contributed by atoms with E-state index in [-0.39, 0.29) is 12.4 Å². The van der Waals surface area contributed by atoms with Gasteiger partial charge in [0.25, 0.3) is 0 Å². The van der Waals surface area contributed by atoms with E-state index in [0.29, 0.717) is 11.1 Å². The minimum absolute atomic E-state index is 0.195. The summed E-state index contributed by atoms with van der Waals surface area (Å²) in [5, 5.41) is 8.66. The van der Waals surface area contributed by atoms with Gasteiger partial charge >= 0.3 is 5.97 Å². The van der Waals surface area contributed by atoms with E-state index in [9.17, 15) is 13.2 Å². The zero-order valence-electron chi connectivity index (χ0n) is 11.3. The first-order valence-electron chi connectivity index (χ1n) is 6.03. The quantitative estimate of drug-likeness (QED) is 0.788. The molecule has 0 aliphatic heterocycles. The Balaban J connectivity index is 2.69. The predicted molar refractivity (Wildman–Crippen MR) is 73.0 cm³/mol. The molecule has 0 fully saturated rings. The topological polar surface area (TPSA) is 96.3 Å². The molecule has 7 heteroatoms. The number of carbonyl (C=O) groups excluding carboxylic acids is 1. The Kier molecular flexibility index (Phi) is 5.67. The van der Waals surface area contributed by atoms with Gasteiger partial charge in [-0.25, -0.2) is 13.1 Å². The average Bonchev–Trinajstić information content (AvgIpc) is 2.38. The lowest BCUT2D eigenvalue weighted by Gasteiger charge is -2.13. The van der Waals surface area contributed by atoms with Gasteiger partial charge in [-0.1, -0.05) is 12.1 Å². The summed E-state index contributed by atoms with van der Waals surface area (Å²) in [6.07, 6.45) is 0. The first kappa shape index (κ1) is 16.1. The SMILES string of the molecule is CCOC(=O)C(C)NS(=O)(=O)Cc1ccc(C#N)cc1. The Labute approximate surface area is 118 Å². The van der Waals surface area contributed by atoms with Gasteiger partial charge in [-0.05, 0) is 31.5 Å². The van der Waals surface area contributed by atoms with Gasteiger partial charge in [0.2, 0.25) is 10.0 Å². The molecule has 6 nitrogen and oxygen atoms in total. The summed E-state index contributed by atoms with van der Waals surface area (Å²) in [6.45, 7) is 3.27. The van der Waals surface area contributed by atoms with Crippen molar-refractivity contribution in [2.45, 2.75) is 25.6 Å². The summed E-state index contributed by atoms with van der Waals surface area (Å²) in [7, 11) is -3.65. The van der Waals surface area contributed by atoms with Crippen molar-refractivity contribution in [1.29, 1.82) is 5.26 Å². The van der Waals surface area contributed by atoms with Crippen molar-refractivity contribution in [2.24, 2.45) is 0 Å². The second-order valence-electron chi connectivity index (χ2n) is 4.16. The maximum atomic E-state index is 11.9. The summed E-state index contributed by atoms with van der Waals surface area (Å²) >= 11 is 0. The lowest BCUT2D eigenvalue weighted by molar-refractivity contribution is -0.144. The Bertz CT molecular complexity index is 602. The average molecular weight is 296 g/mol. The highest BCUT2D eigenvalue weighted by Gasteiger charge is 2.21. The Morgan fingerprint density at radius 2 is 2.00 bits per heavy atom. The second kappa shape index (κ2) is 7.03. The number of ether oxygens (including phenoxy) is 1. The van der Waals surface area contributed by atoms with Crippen LogP contribution >= 0.6 is 0 Å². The summed E-state index contributed by atoms with van der Waals surface area (Å²) in [5.74, 6) is -0.876. The first-order chi connectivity index (χ1) is 9.38. The van der Waals surface area contributed by atoms with E-state index in [4.69, 9.17) is 10.00 Å². The molecule has 0 amide bonds. The summed E-state index contributed by atoms with van der Waals surface area (Å²) < 4.78 is 30.8. The molecule has 0 radical (unpaired) electrons. The normalized spacial score (nSPS) is 12.4. The minimum Gasteiger partial charge on any atom is -0.465 e. The fraction of sp³-hybridized carbons (Fsp3) is 0.385. The van der Waals surface area contributed by atoms with E-state index in [1.165, 1.54) is 6.92 Å². The van der Waals surface area contributed by atoms with Gasteiger partial charge in [0.15, 0.2) is 0 Å². The highest BCUT2D eigenvalue weighted by atomic mass is 32.2. The molecule has 108 valence electrons. The van der Waals surface area contributed by atoms with Crippen LogP contribution in [0.2, 0.25) is 0 Å². The van der Waals surface area contributed by atoms with E-state index in [2.05, 4.69) is 4.72 Å². The molecule has 0 aliphatic rings. The summed E-state index contributed by atoms with van der Waals surface area (Å²) in [5.41, 5.74) is 0.992. The molecule has 0 spiro atoms. The molecule has 1 N–H and O–H groups in total. The fourth-order valence-electron chi connectivity index (χ4n) is 1.52. The number of rotatable bonds is 6. The maximum Gasteiger partial charge on any atom is 0.323 e. The third-order valence-corrected chi connectivity index (χ3v) is 3.86. The van der Waals surface area contributed by atoms with Gasteiger partial charge in [-0.3, -0.25) is 4.79 Å². The van der Waals surface area contributed by atoms with Crippen LogP contribution in [0.1, 0.15) is 25.0 Å². The Morgan fingerprint density at radius 1 is 1.40 bits per heavy atom. The summed E-state index contributed by atoms with van der Waals surface area (Å²) in [4.78, 5) is 11.4. The van der Waals surface area contributed by atoms with Gasteiger partial charge in [0.1, 0.15) is 6.04 Å². The monoisotopic (exact) mass is 296 g/mol. The molecule has 0 saturated carbocycles. The highest BCUT2D eigenvalue weighted by Crippen LogP contribution is 2.08. The molecule has 0 bridgehead atoms. The van der Waals surface area contributed by atoms with Gasteiger partial charge in [-0.15, -0.1) is 0 Å². The van der Waals surface area contributed by atoms with Crippen molar-refractivity contribution < 1.29 is 17.9 Å². The molecule has 1 atom stereocenters. The van der Waals surface area contributed by atoms with Crippen molar-refractivity contribution >= 4 is 16.0 Å². The van der Waals surface area contributed by atoms with Crippen LogP contribution in [0.25, 0.3) is 0 Å². The number of hydrogen-bond donors (Lipinski definition) is 1. The van der Waals surface area contributed by atoms with Crippen LogP contribution in [0.4, 0.5) is 0 Å². The van der Waals surface area contributed by atoms with Crippen molar-refractivity contribution in [1.82, 2.24) is 4.72 Å². The number of benzene rings is 1. The van der Waals surface area contributed by atoms with Crippen LogP contribution in [-0.2, 0) is 25.3 Å². The van der Waals surface area contributed by atoms with Crippen molar-refractivity contribution in [3.8, 4) is 6.07 Å². The Hall–Kier alpha value is -1.91. The third-order valence-electron chi connectivity index (χ3n) is 2.44.